The van der Waals surface area contributed by atoms with Crippen LogP contribution in [0.15, 0.2) is 60.7 Å². The second-order valence-corrected chi connectivity index (χ2v) is 8.58. The number of aromatic nitrogens is 1. The molecule has 0 aliphatic rings. The number of aryl methyl sites for hydroxylation is 1. The van der Waals surface area contributed by atoms with E-state index in [2.05, 4.69) is 4.18 Å². The van der Waals surface area contributed by atoms with E-state index in [0.29, 0.717) is 10.0 Å². The molecule has 0 N–H and O–H groups in total. The lowest BCUT2D eigenvalue weighted by molar-refractivity contribution is -0.632. The Balaban J connectivity index is 0.000000427. The van der Waals surface area contributed by atoms with E-state index in [9.17, 15) is 23.1 Å². The maximum Gasteiger partial charge on any atom is 0.270 e. The van der Waals surface area contributed by atoms with E-state index in [-0.39, 0.29) is 10.6 Å². The maximum absolute atomic E-state index is 11.3. The van der Waals surface area contributed by atoms with Gasteiger partial charge in [-0.2, -0.15) is 4.57 Å². The van der Waals surface area contributed by atoms with Crippen molar-refractivity contribution in [3.8, 4) is 11.3 Å². The van der Waals surface area contributed by atoms with Gasteiger partial charge in [0, 0.05) is 29.1 Å². The molecule has 1 aromatic heterocycles. The van der Waals surface area contributed by atoms with Crippen LogP contribution in [0.25, 0.3) is 32.9 Å². The number of non-ortho nitro benzene ring substituents is 1. The summed E-state index contributed by atoms with van der Waals surface area (Å²) in [6.07, 6.45) is 0. The van der Waals surface area contributed by atoms with Gasteiger partial charge in [0.2, 0.25) is 21.6 Å². The minimum absolute atomic E-state index is 0.0501. The van der Waals surface area contributed by atoms with Gasteiger partial charge in [-0.1, -0.05) is 35.3 Å². The van der Waals surface area contributed by atoms with E-state index < -0.39 is 10.4 Å². The fourth-order valence-electron chi connectivity index (χ4n) is 3.36. The number of nitro benzene ring substituents is 1. The number of pyridine rings is 1. The molecule has 3 aromatic carbocycles. The number of benzene rings is 3. The molecule has 0 radical (unpaired) electrons. The number of fused-ring (bicyclic) bond motifs is 3. The molecule has 0 fully saturated rings. The first-order valence-electron chi connectivity index (χ1n) is 8.99. The van der Waals surface area contributed by atoms with Crippen LogP contribution >= 0.6 is 23.2 Å². The van der Waals surface area contributed by atoms with Crippen LogP contribution in [0.2, 0.25) is 10.0 Å². The fourth-order valence-corrected chi connectivity index (χ4v) is 3.66. The summed E-state index contributed by atoms with van der Waals surface area (Å²) >= 11 is 12.3. The van der Waals surface area contributed by atoms with Crippen LogP contribution in [0.5, 0.6) is 0 Å². The molecule has 0 saturated heterocycles. The zero-order chi connectivity index (χ0) is 23.6. The van der Waals surface area contributed by atoms with Crippen LogP contribution in [-0.4, -0.2) is 25.0 Å². The predicted molar refractivity (Wildman–Crippen MR) is 121 cm³/mol. The molecule has 0 saturated carbocycles. The van der Waals surface area contributed by atoms with Crippen LogP contribution in [-0.2, 0) is 21.6 Å². The number of para-hydroxylation sites is 1. The average Bonchev–Trinajstić information content (AvgIpc) is 2.76. The Labute approximate surface area is 193 Å². The molecule has 0 aliphatic carbocycles. The van der Waals surface area contributed by atoms with Gasteiger partial charge in [-0.15, -0.1) is 0 Å². The molecule has 166 valence electrons. The van der Waals surface area contributed by atoms with E-state index in [0.717, 1.165) is 40.0 Å². The monoisotopic (exact) mass is 494 g/mol. The van der Waals surface area contributed by atoms with Crippen molar-refractivity contribution < 1.29 is 26.6 Å². The first-order chi connectivity index (χ1) is 15.0. The van der Waals surface area contributed by atoms with Crippen molar-refractivity contribution in [2.24, 2.45) is 7.05 Å². The van der Waals surface area contributed by atoms with Gasteiger partial charge in [0.15, 0.2) is 0 Å². The second kappa shape index (κ2) is 9.35. The molecule has 0 atom stereocenters. The summed E-state index contributed by atoms with van der Waals surface area (Å²) in [5, 5.41) is 15.0. The highest BCUT2D eigenvalue weighted by molar-refractivity contribution is 7.80. The van der Waals surface area contributed by atoms with Crippen LogP contribution < -0.4 is 4.57 Å². The van der Waals surface area contributed by atoms with E-state index in [1.807, 2.05) is 41.9 Å². The molecule has 0 spiro atoms. The first kappa shape index (κ1) is 23.8. The van der Waals surface area contributed by atoms with Gasteiger partial charge in [0.1, 0.15) is 7.05 Å². The molecule has 32 heavy (non-hydrogen) atoms. The standard InChI is InChI=1S/C20H13Cl2N2O2.CH4O4S/c1-23-19-5-3-2-4-15(19)14-8-7-13(24(25)26)11-16(14)20(23)12-6-9-17(21)18(22)10-12;1-5-6(2,3)4/h2-11H,1H3;1H3,(H,2,3,4)/q+1;/p-1. The molecule has 4 rings (SSSR count). The van der Waals surface area contributed by atoms with E-state index in [1.165, 1.54) is 6.07 Å². The summed E-state index contributed by atoms with van der Waals surface area (Å²) in [4.78, 5) is 10.9. The summed E-state index contributed by atoms with van der Waals surface area (Å²) in [5.41, 5.74) is 2.77. The van der Waals surface area contributed by atoms with E-state index >= 15 is 0 Å². The van der Waals surface area contributed by atoms with Crippen molar-refractivity contribution in [2.45, 2.75) is 0 Å². The van der Waals surface area contributed by atoms with Gasteiger partial charge >= 0.3 is 0 Å². The molecular weight excluding hydrogens is 479 g/mol. The summed E-state index contributed by atoms with van der Waals surface area (Å²) in [7, 11) is -1.66. The molecular formula is C21H16Cl2N2O6S. The normalized spacial score (nSPS) is 11.3. The second-order valence-electron chi connectivity index (χ2n) is 6.62. The Hall–Kier alpha value is -2.82. The zero-order valence-corrected chi connectivity index (χ0v) is 19.1. The Morgan fingerprint density at radius 3 is 2.19 bits per heavy atom. The minimum Gasteiger partial charge on any atom is -0.726 e. The molecule has 0 aliphatic heterocycles. The molecule has 11 heteroatoms. The third kappa shape index (κ3) is 4.98. The highest BCUT2D eigenvalue weighted by Crippen LogP contribution is 2.35. The highest BCUT2D eigenvalue weighted by atomic mass is 35.5. The third-order valence-electron chi connectivity index (χ3n) is 4.76. The number of nitro groups is 1. The SMILES string of the molecule is COS(=O)(=O)[O-].C[n+]1c(-c2ccc(Cl)c(Cl)c2)c2cc([N+](=O)[O-])ccc2c2ccccc21. The van der Waals surface area contributed by atoms with Crippen LogP contribution in [0.3, 0.4) is 0 Å². The summed E-state index contributed by atoms with van der Waals surface area (Å²) in [5.74, 6) is 0. The van der Waals surface area contributed by atoms with E-state index in [1.54, 1.807) is 24.3 Å². The topological polar surface area (TPSA) is 113 Å². The third-order valence-corrected chi connectivity index (χ3v) is 5.90. The van der Waals surface area contributed by atoms with Crippen molar-refractivity contribution in [3.05, 3.63) is 80.8 Å². The number of halogens is 2. The van der Waals surface area contributed by atoms with Crippen molar-refractivity contribution >= 4 is 61.0 Å². The Morgan fingerprint density at radius 2 is 1.59 bits per heavy atom. The van der Waals surface area contributed by atoms with Crippen molar-refractivity contribution in [2.75, 3.05) is 7.11 Å². The molecule has 0 bridgehead atoms. The van der Waals surface area contributed by atoms with Gasteiger partial charge in [0.25, 0.3) is 5.69 Å². The lowest BCUT2D eigenvalue weighted by atomic mass is 9.98. The van der Waals surface area contributed by atoms with Gasteiger partial charge in [-0.3, -0.25) is 14.3 Å². The number of rotatable bonds is 3. The van der Waals surface area contributed by atoms with Crippen molar-refractivity contribution in [3.63, 3.8) is 0 Å². The highest BCUT2D eigenvalue weighted by Gasteiger charge is 2.23. The van der Waals surface area contributed by atoms with Crippen LogP contribution in [0.4, 0.5) is 5.69 Å². The van der Waals surface area contributed by atoms with Gasteiger partial charge < -0.3 is 4.55 Å². The largest absolute Gasteiger partial charge is 0.726 e. The molecule has 4 aromatic rings. The summed E-state index contributed by atoms with van der Waals surface area (Å²) in [6, 6.07) is 18.3. The van der Waals surface area contributed by atoms with Gasteiger partial charge in [0.05, 0.1) is 32.9 Å². The number of hydrogen-bond donors (Lipinski definition) is 0. The quantitative estimate of drug-likeness (QED) is 0.101. The summed E-state index contributed by atoms with van der Waals surface area (Å²) < 4.78 is 33.0. The van der Waals surface area contributed by atoms with Crippen molar-refractivity contribution in [1.82, 2.24) is 0 Å². The Kier molecular flexibility index (Phi) is 6.97. The zero-order valence-electron chi connectivity index (χ0n) is 16.8. The molecule has 0 unspecified atom stereocenters. The van der Waals surface area contributed by atoms with Crippen LogP contribution in [0, 0.1) is 10.1 Å². The number of nitrogens with zero attached hydrogens (tertiary/aromatic N) is 2. The lowest BCUT2D eigenvalue weighted by Crippen LogP contribution is -2.32. The Morgan fingerprint density at radius 1 is 0.938 bits per heavy atom. The molecule has 1 heterocycles. The summed E-state index contributed by atoms with van der Waals surface area (Å²) in [6.45, 7) is 0. The smallest absolute Gasteiger partial charge is 0.270 e. The Bertz CT molecular complexity index is 1460. The van der Waals surface area contributed by atoms with Crippen molar-refractivity contribution in [1.29, 1.82) is 0 Å². The minimum atomic E-state index is -4.41. The molecule has 0 amide bonds. The van der Waals surface area contributed by atoms with Gasteiger partial charge in [-0.05, 0) is 30.3 Å². The average molecular weight is 495 g/mol. The predicted octanol–water partition coefficient (Wildman–Crippen LogP) is 4.79. The maximum atomic E-state index is 11.3. The fraction of sp³-hybridized carbons (Fsp3) is 0.0952. The number of hydrogen-bond acceptors (Lipinski definition) is 6. The first-order valence-corrected chi connectivity index (χ1v) is 11.1. The van der Waals surface area contributed by atoms with E-state index in [4.69, 9.17) is 23.2 Å². The lowest BCUT2D eigenvalue weighted by Gasteiger charge is -2.10. The molecule has 8 nitrogen and oxygen atoms in total. The van der Waals surface area contributed by atoms with Crippen LogP contribution in [0.1, 0.15) is 0 Å². The van der Waals surface area contributed by atoms with Gasteiger partial charge in [-0.25, -0.2) is 8.42 Å².